The van der Waals surface area contributed by atoms with E-state index in [0.29, 0.717) is 26.2 Å². The average molecular weight is 483 g/mol. The Labute approximate surface area is 199 Å². The number of ether oxygens (including phenoxy) is 1. The summed E-state index contributed by atoms with van der Waals surface area (Å²) in [5.41, 5.74) is -0.935. The molecule has 1 aliphatic heterocycles. The maximum absolute atomic E-state index is 13.0. The first-order chi connectivity index (χ1) is 16.5. The highest BCUT2D eigenvalue weighted by atomic mass is 16.6. The van der Waals surface area contributed by atoms with Crippen LogP contribution in [0.4, 0.5) is 10.5 Å². The van der Waals surface area contributed by atoms with Gasteiger partial charge in [-0.05, 0) is 26.8 Å². The van der Waals surface area contributed by atoms with Crippen LogP contribution >= 0.6 is 0 Å². The van der Waals surface area contributed by atoms with Gasteiger partial charge in [0.05, 0.1) is 11.1 Å². The summed E-state index contributed by atoms with van der Waals surface area (Å²) >= 11 is 0. The van der Waals surface area contributed by atoms with Gasteiger partial charge in [-0.2, -0.15) is 5.10 Å². The lowest BCUT2D eigenvalue weighted by Crippen LogP contribution is -2.52. The number of carbonyl (C=O) groups is 2. The van der Waals surface area contributed by atoms with Crippen molar-refractivity contribution in [3.8, 4) is 5.69 Å². The molecule has 0 unspecified atom stereocenters. The number of nitrogens with zero attached hydrogens (tertiary/aromatic N) is 7. The van der Waals surface area contributed by atoms with Gasteiger partial charge < -0.3 is 14.5 Å². The van der Waals surface area contributed by atoms with Crippen LogP contribution in [-0.4, -0.2) is 77.8 Å². The third-order valence-electron chi connectivity index (χ3n) is 5.45. The molecule has 1 saturated heterocycles. The second-order valence-corrected chi connectivity index (χ2v) is 9.07. The maximum Gasteiger partial charge on any atom is 0.410 e. The Morgan fingerprint density at radius 2 is 1.77 bits per heavy atom. The highest BCUT2D eigenvalue weighted by Crippen LogP contribution is 2.24. The summed E-state index contributed by atoms with van der Waals surface area (Å²) in [6.45, 7) is 6.43. The van der Waals surface area contributed by atoms with E-state index >= 15 is 0 Å². The van der Waals surface area contributed by atoms with E-state index in [1.165, 1.54) is 40.0 Å². The highest BCUT2D eigenvalue weighted by molar-refractivity contribution is 5.79. The molecule has 13 heteroatoms. The van der Waals surface area contributed by atoms with Crippen LogP contribution in [0.1, 0.15) is 20.8 Å². The topological polar surface area (TPSA) is 146 Å². The molecule has 35 heavy (non-hydrogen) atoms. The minimum Gasteiger partial charge on any atom is -0.444 e. The number of nitro groups is 1. The second-order valence-electron chi connectivity index (χ2n) is 9.07. The van der Waals surface area contributed by atoms with Gasteiger partial charge in [-0.3, -0.25) is 24.3 Å². The van der Waals surface area contributed by atoms with Crippen LogP contribution in [0.15, 0.2) is 41.6 Å². The summed E-state index contributed by atoms with van der Waals surface area (Å²) < 4.78 is 7.77. The van der Waals surface area contributed by atoms with Crippen LogP contribution in [0.5, 0.6) is 0 Å². The molecule has 0 aliphatic carbocycles. The number of amides is 2. The van der Waals surface area contributed by atoms with Gasteiger partial charge >= 0.3 is 6.09 Å². The molecule has 0 spiro atoms. The maximum atomic E-state index is 13.0. The molecule has 2 amide bonds. The molecule has 0 bridgehead atoms. The third kappa shape index (κ3) is 4.98. The van der Waals surface area contributed by atoms with Gasteiger partial charge in [-0.15, -0.1) is 0 Å². The third-order valence-corrected chi connectivity index (χ3v) is 5.45. The van der Waals surface area contributed by atoms with Crippen LogP contribution in [0.25, 0.3) is 16.7 Å². The first-order valence-electron chi connectivity index (χ1n) is 11.0. The normalized spacial score (nSPS) is 14.3. The Hall–Kier alpha value is -4.29. The number of aromatic nitrogens is 4. The van der Waals surface area contributed by atoms with Gasteiger partial charge in [0.25, 0.3) is 11.2 Å². The molecule has 1 aromatic carbocycles. The molecule has 2 aromatic heterocycles. The zero-order valence-electron chi connectivity index (χ0n) is 19.6. The van der Waals surface area contributed by atoms with Gasteiger partial charge in [0.2, 0.25) is 5.91 Å². The average Bonchev–Trinajstić information content (AvgIpc) is 3.24. The highest BCUT2D eigenvalue weighted by Gasteiger charge is 2.28. The molecule has 3 aromatic rings. The summed E-state index contributed by atoms with van der Waals surface area (Å²) in [5, 5.41) is 15.6. The van der Waals surface area contributed by atoms with Crippen molar-refractivity contribution < 1.29 is 19.2 Å². The number of hydrogen-bond donors (Lipinski definition) is 0. The van der Waals surface area contributed by atoms with E-state index in [9.17, 15) is 24.5 Å². The fourth-order valence-electron chi connectivity index (χ4n) is 3.75. The van der Waals surface area contributed by atoms with E-state index in [-0.39, 0.29) is 34.9 Å². The van der Waals surface area contributed by atoms with E-state index in [2.05, 4.69) is 10.1 Å². The summed E-state index contributed by atoms with van der Waals surface area (Å²) in [5.74, 6) is -0.289. The van der Waals surface area contributed by atoms with Crippen LogP contribution in [0.3, 0.4) is 0 Å². The van der Waals surface area contributed by atoms with Crippen molar-refractivity contribution in [2.45, 2.75) is 32.9 Å². The zero-order chi connectivity index (χ0) is 25.3. The van der Waals surface area contributed by atoms with E-state index in [4.69, 9.17) is 4.74 Å². The molecular formula is C22H25N7O6. The van der Waals surface area contributed by atoms with E-state index < -0.39 is 22.2 Å². The van der Waals surface area contributed by atoms with Crippen molar-refractivity contribution >= 4 is 28.7 Å². The lowest BCUT2D eigenvalue weighted by molar-refractivity contribution is -0.384. The number of benzene rings is 1. The van der Waals surface area contributed by atoms with Gasteiger partial charge in [0, 0.05) is 32.2 Å². The van der Waals surface area contributed by atoms with E-state index in [1.807, 2.05) is 0 Å². The minimum atomic E-state index is -0.601. The monoisotopic (exact) mass is 483 g/mol. The quantitative estimate of drug-likeness (QED) is 0.401. The molecule has 3 heterocycles. The number of fused-ring (bicyclic) bond motifs is 1. The fourth-order valence-corrected chi connectivity index (χ4v) is 3.75. The Morgan fingerprint density at radius 1 is 1.11 bits per heavy atom. The number of hydrogen-bond acceptors (Lipinski definition) is 8. The molecule has 1 aliphatic rings. The first-order valence-corrected chi connectivity index (χ1v) is 11.0. The largest absolute Gasteiger partial charge is 0.444 e. The number of carbonyl (C=O) groups excluding carboxylic acids is 2. The van der Waals surface area contributed by atoms with Crippen LogP contribution in [0.2, 0.25) is 0 Å². The standard InChI is InChI=1S/C22H25N7O6/c1-22(2,3)35-21(32)26-10-8-25(9-11-26)18(30)13-27-14-23-19-15(20(27)31)12-24-28(19)16-6-4-5-7-17(16)29(33)34/h4-7,12,14H,8-11,13H2,1-3H3. The number of nitro benzene ring substituents is 1. The van der Waals surface area contributed by atoms with E-state index in [1.54, 1.807) is 36.6 Å². The summed E-state index contributed by atoms with van der Waals surface area (Å²) in [7, 11) is 0. The molecule has 0 atom stereocenters. The van der Waals surface area contributed by atoms with E-state index in [0.717, 1.165) is 0 Å². The van der Waals surface area contributed by atoms with Crippen LogP contribution in [-0.2, 0) is 16.1 Å². The first kappa shape index (κ1) is 23.9. The SMILES string of the molecule is CC(C)(C)OC(=O)N1CCN(C(=O)Cn2cnc3c(cnn3-c3ccccc3[N+](=O)[O-])c2=O)CC1. The van der Waals surface area contributed by atoms with Crippen molar-refractivity contribution in [1.29, 1.82) is 0 Å². The Morgan fingerprint density at radius 3 is 2.43 bits per heavy atom. The summed E-state index contributed by atoms with van der Waals surface area (Å²) in [6, 6.07) is 6.01. The van der Waals surface area contributed by atoms with Crippen molar-refractivity contribution in [2.24, 2.45) is 0 Å². The van der Waals surface area contributed by atoms with Crippen LogP contribution < -0.4 is 5.56 Å². The lowest BCUT2D eigenvalue weighted by Gasteiger charge is -2.35. The summed E-state index contributed by atoms with van der Waals surface area (Å²) in [6.07, 6.45) is 2.08. The van der Waals surface area contributed by atoms with Gasteiger partial charge in [-0.25, -0.2) is 14.5 Å². The van der Waals surface area contributed by atoms with Crippen molar-refractivity contribution in [2.75, 3.05) is 26.2 Å². The predicted octanol–water partition coefficient (Wildman–Crippen LogP) is 1.57. The summed E-state index contributed by atoms with van der Waals surface area (Å²) in [4.78, 5) is 56.2. The fraction of sp³-hybridized carbons (Fsp3) is 0.409. The van der Waals surface area contributed by atoms with Gasteiger partial charge in [0.15, 0.2) is 5.65 Å². The molecule has 0 N–H and O–H groups in total. The molecule has 13 nitrogen and oxygen atoms in total. The number of piperazine rings is 1. The smallest absolute Gasteiger partial charge is 0.410 e. The Bertz CT molecular complexity index is 1350. The Kier molecular flexibility index (Phi) is 6.24. The van der Waals surface area contributed by atoms with Gasteiger partial charge in [-0.1, -0.05) is 12.1 Å². The van der Waals surface area contributed by atoms with Gasteiger partial charge in [0.1, 0.15) is 29.5 Å². The van der Waals surface area contributed by atoms with Crippen molar-refractivity contribution in [1.82, 2.24) is 29.1 Å². The van der Waals surface area contributed by atoms with Crippen LogP contribution in [0, 0.1) is 10.1 Å². The van der Waals surface area contributed by atoms with Crippen molar-refractivity contribution in [3.05, 3.63) is 57.3 Å². The second kappa shape index (κ2) is 9.16. The molecule has 0 radical (unpaired) electrons. The number of rotatable bonds is 4. The Balaban J connectivity index is 1.48. The molecule has 184 valence electrons. The molecule has 4 rings (SSSR count). The predicted molar refractivity (Wildman–Crippen MR) is 124 cm³/mol. The number of para-hydroxylation sites is 2. The molecule has 1 fully saturated rings. The lowest BCUT2D eigenvalue weighted by atomic mass is 10.2. The molecule has 0 saturated carbocycles. The van der Waals surface area contributed by atoms with Crippen molar-refractivity contribution in [3.63, 3.8) is 0 Å². The molecular weight excluding hydrogens is 458 g/mol. The minimum absolute atomic E-state index is 0.133. The zero-order valence-corrected chi connectivity index (χ0v) is 19.6.